The molecule has 5 rings (SSSR count). The molecule has 0 fully saturated rings. The Morgan fingerprint density at radius 3 is 2.30 bits per heavy atom. The smallest absolute Gasteiger partial charge is 0.265 e. The van der Waals surface area contributed by atoms with E-state index in [0.29, 0.717) is 28.6 Å². The summed E-state index contributed by atoms with van der Waals surface area (Å²) >= 11 is 7.40. The minimum absolute atomic E-state index is 0.0333. The van der Waals surface area contributed by atoms with Gasteiger partial charge in [0.25, 0.3) is 11.8 Å². The van der Waals surface area contributed by atoms with E-state index in [-0.39, 0.29) is 11.8 Å². The van der Waals surface area contributed by atoms with E-state index < -0.39 is 0 Å². The van der Waals surface area contributed by atoms with Gasteiger partial charge in [-0.25, -0.2) is 0 Å². The molecule has 2 amide bonds. The molecule has 0 atom stereocenters. The van der Waals surface area contributed by atoms with Crippen LogP contribution in [0.5, 0.6) is 0 Å². The van der Waals surface area contributed by atoms with Crippen LogP contribution in [0.2, 0.25) is 5.02 Å². The molecule has 4 aromatic rings. The van der Waals surface area contributed by atoms with Crippen molar-refractivity contribution in [1.82, 2.24) is 5.32 Å². The maximum atomic E-state index is 13.5. The molecule has 0 unspecified atom stereocenters. The number of thioether (sulfide) groups is 1. The molecule has 4 aromatic carbocycles. The molecule has 184 valence electrons. The maximum absolute atomic E-state index is 13.5. The average Bonchev–Trinajstić information content (AvgIpc) is 2.92. The highest BCUT2D eigenvalue weighted by atomic mass is 35.5. The molecule has 0 bridgehead atoms. The van der Waals surface area contributed by atoms with Gasteiger partial charge < -0.3 is 10.2 Å². The van der Waals surface area contributed by atoms with Crippen molar-refractivity contribution in [1.29, 1.82) is 0 Å². The highest BCUT2D eigenvalue weighted by Gasteiger charge is 2.29. The summed E-state index contributed by atoms with van der Waals surface area (Å²) in [4.78, 5) is 29.7. The average molecular weight is 525 g/mol. The summed E-state index contributed by atoms with van der Waals surface area (Å²) in [6.07, 6.45) is 1.89. The third kappa shape index (κ3) is 5.96. The van der Waals surface area contributed by atoms with E-state index in [9.17, 15) is 9.59 Å². The first kappa shape index (κ1) is 24.9. The van der Waals surface area contributed by atoms with E-state index >= 15 is 0 Å². The number of carbonyl (C=O) groups excluding carboxylic acids is 2. The molecule has 37 heavy (non-hydrogen) atoms. The van der Waals surface area contributed by atoms with Gasteiger partial charge in [0, 0.05) is 22.0 Å². The van der Waals surface area contributed by atoms with Crippen molar-refractivity contribution >= 4 is 46.9 Å². The molecule has 0 radical (unpaired) electrons. The van der Waals surface area contributed by atoms with Crippen LogP contribution in [-0.2, 0) is 17.9 Å². The van der Waals surface area contributed by atoms with Gasteiger partial charge in [0.15, 0.2) is 0 Å². The van der Waals surface area contributed by atoms with Crippen molar-refractivity contribution in [3.8, 4) is 0 Å². The van der Waals surface area contributed by atoms with Crippen LogP contribution in [-0.4, -0.2) is 11.8 Å². The van der Waals surface area contributed by atoms with Crippen molar-refractivity contribution in [2.24, 2.45) is 0 Å². The predicted molar refractivity (Wildman–Crippen MR) is 152 cm³/mol. The minimum atomic E-state index is -0.157. The van der Waals surface area contributed by atoms with E-state index in [1.165, 1.54) is 17.3 Å². The normalized spacial score (nSPS) is 13.9. The van der Waals surface area contributed by atoms with Crippen LogP contribution in [0.1, 0.15) is 32.6 Å². The van der Waals surface area contributed by atoms with Gasteiger partial charge in [-0.1, -0.05) is 89.6 Å². The Morgan fingerprint density at radius 1 is 0.892 bits per heavy atom. The fourth-order valence-electron chi connectivity index (χ4n) is 4.06. The summed E-state index contributed by atoms with van der Waals surface area (Å²) in [5.41, 5.74) is 5.58. The van der Waals surface area contributed by atoms with Crippen molar-refractivity contribution in [2.75, 3.05) is 4.90 Å². The van der Waals surface area contributed by atoms with Gasteiger partial charge in [0.2, 0.25) is 0 Å². The molecule has 1 N–H and O–H groups in total. The van der Waals surface area contributed by atoms with Crippen molar-refractivity contribution in [3.63, 3.8) is 0 Å². The van der Waals surface area contributed by atoms with Gasteiger partial charge in [0.05, 0.1) is 17.1 Å². The Labute approximate surface area is 226 Å². The number of benzene rings is 4. The van der Waals surface area contributed by atoms with Gasteiger partial charge in [-0.3, -0.25) is 9.59 Å². The molecule has 1 aliphatic heterocycles. The summed E-state index contributed by atoms with van der Waals surface area (Å²) in [6, 6.07) is 30.9. The molecule has 0 saturated carbocycles. The van der Waals surface area contributed by atoms with E-state index in [1.54, 1.807) is 24.3 Å². The summed E-state index contributed by atoms with van der Waals surface area (Å²) in [5.74, 6) is -0.190. The number of halogens is 1. The summed E-state index contributed by atoms with van der Waals surface area (Å²) in [6.45, 7) is 2.97. The Kier molecular flexibility index (Phi) is 7.45. The molecule has 4 nitrogen and oxygen atoms in total. The lowest BCUT2D eigenvalue weighted by Gasteiger charge is -2.30. The highest BCUT2D eigenvalue weighted by Crippen LogP contribution is 2.42. The van der Waals surface area contributed by atoms with E-state index in [0.717, 1.165) is 27.3 Å². The van der Waals surface area contributed by atoms with E-state index in [4.69, 9.17) is 11.6 Å². The van der Waals surface area contributed by atoms with Crippen molar-refractivity contribution in [2.45, 2.75) is 24.9 Å². The number of nitrogens with zero attached hydrogens (tertiary/aromatic N) is 1. The number of rotatable bonds is 6. The Hall–Kier alpha value is -3.80. The lowest BCUT2D eigenvalue weighted by Crippen LogP contribution is -2.33. The zero-order valence-electron chi connectivity index (χ0n) is 20.3. The predicted octanol–water partition coefficient (Wildman–Crippen LogP) is 7.26. The monoisotopic (exact) mass is 524 g/mol. The molecule has 6 heteroatoms. The van der Waals surface area contributed by atoms with Crippen molar-refractivity contribution < 1.29 is 9.59 Å². The molecule has 0 saturated heterocycles. The van der Waals surface area contributed by atoms with Crippen LogP contribution >= 0.6 is 23.4 Å². The minimum Gasteiger partial charge on any atom is -0.348 e. The number of para-hydroxylation sites is 1. The molecule has 0 spiro atoms. The van der Waals surface area contributed by atoms with E-state index in [1.807, 2.05) is 59.5 Å². The molecule has 0 aliphatic carbocycles. The summed E-state index contributed by atoms with van der Waals surface area (Å²) in [5, 5.41) is 3.59. The quantitative estimate of drug-likeness (QED) is 0.270. The number of nitrogens with one attached hydrogen (secondary N) is 1. The van der Waals surface area contributed by atoms with Gasteiger partial charge in [-0.15, -0.1) is 0 Å². The summed E-state index contributed by atoms with van der Waals surface area (Å²) < 4.78 is 0. The number of hydrogen-bond donors (Lipinski definition) is 1. The number of anilines is 1. The second-order valence-electron chi connectivity index (χ2n) is 8.89. The number of amides is 2. The molecule has 1 heterocycles. The third-order valence-electron chi connectivity index (χ3n) is 6.13. The van der Waals surface area contributed by atoms with Crippen LogP contribution in [0.15, 0.2) is 107 Å². The van der Waals surface area contributed by atoms with Crippen LogP contribution in [0.25, 0.3) is 6.08 Å². The number of aryl methyl sites for hydroxylation is 1. The highest BCUT2D eigenvalue weighted by molar-refractivity contribution is 8.04. The second-order valence-corrected chi connectivity index (χ2v) is 10.4. The molecule has 0 aromatic heterocycles. The number of carbonyl (C=O) groups is 2. The fourth-order valence-corrected chi connectivity index (χ4v) is 5.25. The largest absolute Gasteiger partial charge is 0.348 e. The fraction of sp³-hybridized carbons (Fsp3) is 0.0968. The van der Waals surface area contributed by atoms with Crippen LogP contribution in [0.4, 0.5) is 5.69 Å². The SMILES string of the molecule is Cc1ccc(CN2C(=O)/C(=C\c3ccc(C(=O)NCc4ccc(Cl)cc4)cc3)Sc3ccccc32)cc1. The standard InChI is InChI=1S/C31H25ClN2O2S/c1-21-6-8-24(9-7-21)20-34-27-4-2-3-5-28(27)37-29(31(34)36)18-22-10-14-25(15-11-22)30(35)33-19-23-12-16-26(32)17-13-23/h2-18H,19-20H2,1H3,(H,33,35)/b29-18+. The number of hydrogen-bond acceptors (Lipinski definition) is 3. The third-order valence-corrected chi connectivity index (χ3v) is 7.46. The lowest BCUT2D eigenvalue weighted by molar-refractivity contribution is -0.114. The topological polar surface area (TPSA) is 49.4 Å². The van der Waals surface area contributed by atoms with Gasteiger partial charge in [-0.05, 0) is 66.1 Å². The second kappa shape index (κ2) is 11.1. The lowest BCUT2D eigenvalue weighted by atomic mass is 10.1. The Morgan fingerprint density at radius 2 is 1.57 bits per heavy atom. The van der Waals surface area contributed by atoms with Crippen LogP contribution < -0.4 is 10.2 Å². The van der Waals surface area contributed by atoms with Crippen LogP contribution in [0, 0.1) is 6.92 Å². The number of fused-ring (bicyclic) bond motifs is 1. The van der Waals surface area contributed by atoms with Crippen molar-refractivity contribution in [3.05, 3.63) is 135 Å². The molecular weight excluding hydrogens is 500 g/mol. The van der Waals surface area contributed by atoms with Crippen LogP contribution in [0.3, 0.4) is 0 Å². The molecule has 1 aliphatic rings. The Balaban J connectivity index is 1.32. The zero-order valence-corrected chi connectivity index (χ0v) is 21.9. The molecular formula is C31H25ClN2O2S. The first-order valence-electron chi connectivity index (χ1n) is 11.9. The zero-order chi connectivity index (χ0) is 25.8. The van der Waals surface area contributed by atoms with Gasteiger partial charge in [-0.2, -0.15) is 0 Å². The van der Waals surface area contributed by atoms with Gasteiger partial charge >= 0.3 is 0 Å². The summed E-state index contributed by atoms with van der Waals surface area (Å²) in [7, 11) is 0. The van der Waals surface area contributed by atoms with E-state index in [2.05, 4.69) is 36.5 Å². The maximum Gasteiger partial charge on any atom is 0.265 e. The Bertz CT molecular complexity index is 1460. The first-order chi connectivity index (χ1) is 18.0. The first-order valence-corrected chi connectivity index (χ1v) is 13.1. The van der Waals surface area contributed by atoms with Gasteiger partial charge in [0.1, 0.15) is 0 Å².